The van der Waals surface area contributed by atoms with Crippen molar-refractivity contribution in [3.63, 3.8) is 0 Å². The van der Waals surface area contributed by atoms with Crippen LogP contribution in [0.15, 0.2) is 91.0 Å². The van der Waals surface area contributed by atoms with E-state index in [2.05, 4.69) is 374 Å². The maximum absolute atomic E-state index is 6.48. The van der Waals surface area contributed by atoms with Gasteiger partial charge < -0.3 is 93.1 Å². The first kappa shape index (κ1) is 110. The molecule has 10 heterocycles. The minimum atomic E-state index is -0.409. The predicted molar refractivity (Wildman–Crippen MR) is 555 cm³/mol. The Morgan fingerprint density at radius 2 is 0.373 bits per heavy atom. The van der Waals surface area contributed by atoms with E-state index in [1.807, 2.05) is 42.5 Å². The molecule has 15 rings (SSSR count). The normalized spacial score (nSPS) is 25.5. The maximum Gasteiger partial charge on any atom is 0.495 e. The molecule has 0 aromatic heterocycles. The highest BCUT2D eigenvalue weighted by Crippen LogP contribution is 2.46. The van der Waals surface area contributed by atoms with Crippen molar-refractivity contribution in [2.24, 2.45) is 0 Å². The van der Waals surface area contributed by atoms with Gasteiger partial charge in [0.2, 0.25) is 0 Å². The van der Waals surface area contributed by atoms with Gasteiger partial charge in [0.15, 0.2) is 0 Å². The average molecular weight is 1850 g/mol. The molecule has 0 spiro atoms. The van der Waals surface area contributed by atoms with E-state index in [1.165, 1.54) is 27.6 Å². The number of rotatable bonds is 16. The van der Waals surface area contributed by atoms with Crippen LogP contribution in [0, 0.1) is 13.8 Å². The Hall–Kier alpha value is -4.05. The van der Waals surface area contributed by atoms with Gasteiger partial charge in [0.25, 0.3) is 0 Å². The fourth-order valence-electron chi connectivity index (χ4n) is 16.5. The molecule has 0 aliphatic carbocycles. The van der Waals surface area contributed by atoms with Gasteiger partial charge in [-0.1, -0.05) is 150 Å². The molecular formula is C104H168B10O20. The fraction of sp³-hybridized carbons (Fsp3) is 0.712. The van der Waals surface area contributed by atoms with Gasteiger partial charge in [0, 0.05) is 0 Å². The first-order valence-electron chi connectivity index (χ1n) is 49.7. The number of benzene rings is 5. The van der Waals surface area contributed by atoms with E-state index in [-0.39, 0.29) is 174 Å². The predicted octanol–water partition coefficient (Wildman–Crippen LogP) is 16.0. The molecule has 5 aromatic rings. The highest BCUT2D eigenvalue weighted by Gasteiger charge is 2.62. The van der Waals surface area contributed by atoms with Crippen LogP contribution in [0.1, 0.15) is 365 Å². The summed E-state index contributed by atoms with van der Waals surface area (Å²) in [6.45, 7) is 98.5. The van der Waals surface area contributed by atoms with Crippen molar-refractivity contribution < 1.29 is 93.1 Å². The standard InChI is InChI=1S/C26H44B2O4.C22H36B2O4.C20H32B2O4.2C18H28B2O4/c1-11-13-15-19-17-22(28-31-25(7,8)26(9,10)32-28)20(16-14-12-2)18-21(19)27-29-23(3,4)24(5,6)30-27;1-18(2,3)15-12-16(23-25-19(4,5)20(6,7)26-23)14-17(13-15)24-27-21(8,9)22(10,11)28-24;1-13-11-16(22-25-19(7,8)20(9,10)26-22)14(2)12-15(13)21-23-17(3,4)18(5,6)24-21;1-15(2)16(3,4)22-19(21-15)13-9-11-14(12-10-13)20-23-17(5,6)18(7,8)24-20;1-15(2)16(3,4)22-19(21-15)13-10-9-11-14(12-13)20-23-17(5,6)18(7,8)24-20/h17-18H,11-16H2,1-10H3;12-14H,1-11H3;11-12H,1-10H3;2*9-12H,1-8H3. The monoisotopic (exact) mass is 1850 g/mol. The zero-order valence-electron chi connectivity index (χ0n) is 91.8. The summed E-state index contributed by atoms with van der Waals surface area (Å²) < 4.78 is 125. The molecule has 0 bridgehead atoms. The lowest BCUT2D eigenvalue weighted by Gasteiger charge is -2.32. The minimum absolute atomic E-state index is 0.0158. The van der Waals surface area contributed by atoms with Crippen LogP contribution in [0.2, 0.25) is 0 Å². The molecule has 134 heavy (non-hydrogen) atoms. The lowest BCUT2D eigenvalue weighted by Crippen LogP contribution is -2.43. The van der Waals surface area contributed by atoms with E-state index < -0.39 is 14.2 Å². The van der Waals surface area contributed by atoms with Crippen molar-refractivity contribution >= 4 is 126 Å². The molecule has 10 aliphatic heterocycles. The van der Waals surface area contributed by atoms with Gasteiger partial charge in [-0.05, 0) is 393 Å². The quantitative estimate of drug-likeness (QED) is 0.0849. The van der Waals surface area contributed by atoms with Crippen LogP contribution in [-0.2, 0) is 111 Å². The Morgan fingerprint density at radius 1 is 0.201 bits per heavy atom. The van der Waals surface area contributed by atoms with Gasteiger partial charge in [-0.3, -0.25) is 0 Å². The molecule has 10 saturated heterocycles. The van der Waals surface area contributed by atoms with E-state index in [4.69, 9.17) is 93.1 Å². The third-order valence-electron chi connectivity index (χ3n) is 33.5. The molecule has 0 atom stereocenters. The van der Waals surface area contributed by atoms with Crippen LogP contribution in [-0.4, -0.2) is 183 Å². The molecule has 0 N–H and O–H groups in total. The average Bonchev–Trinajstić information content (AvgIpc) is 1.61. The van der Waals surface area contributed by atoms with Crippen molar-refractivity contribution in [1.29, 1.82) is 0 Å². The molecule has 734 valence electrons. The summed E-state index contributed by atoms with van der Waals surface area (Å²) in [5, 5.41) is 0. The van der Waals surface area contributed by atoms with E-state index in [0.29, 0.717) is 0 Å². The highest BCUT2D eigenvalue weighted by atomic mass is 16.7. The molecule has 20 nitrogen and oxygen atoms in total. The third kappa shape index (κ3) is 22.3. The molecule has 10 aliphatic rings. The van der Waals surface area contributed by atoms with Crippen molar-refractivity contribution in [2.45, 2.75) is 481 Å². The number of unbranched alkanes of at least 4 members (excludes halogenated alkanes) is 2. The molecule has 0 unspecified atom stereocenters. The van der Waals surface area contributed by atoms with Gasteiger partial charge in [-0.15, -0.1) is 0 Å². The zero-order valence-corrected chi connectivity index (χ0v) is 91.8. The summed E-state index contributed by atoms with van der Waals surface area (Å²) in [5.41, 5.74) is 9.49. The van der Waals surface area contributed by atoms with Crippen LogP contribution >= 0.6 is 0 Å². The second kappa shape index (κ2) is 37.3. The SMILES string of the molecule is CC(C)(C)c1cc(B2OC(C)(C)C(C)(C)O2)cc(B2OC(C)(C)C(C)(C)O2)c1.CC1(C)OB(c2ccc(B3OC(C)(C)C(C)(C)O3)cc2)OC1(C)C.CC1(C)OB(c2cccc(B3OC(C)(C)C(C)(C)O3)c2)OC1(C)C.CCCCc1cc(B2OC(C)(C)C(C)(C)O2)c(CCCC)cc1B1OC(C)(C)C(C)(C)O1.Cc1cc(B2OC(C)(C)C(C)(C)O2)c(C)cc1B1OC(C)(C)C(C)(C)O1. The summed E-state index contributed by atoms with van der Waals surface area (Å²) in [6, 6.07) is 31.7. The Morgan fingerprint density at radius 3 is 0.567 bits per heavy atom. The lowest BCUT2D eigenvalue weighted by atomic mass is 9.67. The van der Waals surface area contributed by atoms with E-state index in [9.17, 15) is 0 Å². The topological polar surface area (TPSA) is 185 Å². The Balaban J connectivity index is 0.000000162. The first-order chi connectivity index (χ1) is 60.6. The van der Waals surface area contributed by atoms with Gasteiger partial charge in [0.05, 0.1) is 112 Å². The van der Waals surface area contributed by atoms with Crippen LogP contribution in [0.25, 0.3) is 0 Å². The maximum atomic E-state index is 6.48. The minimum Gasteiger partial charge on any atom is -0.399 e. The van der Waals surface area contributed by atoms with E-state index in [0.717, 1.165) is 93.4 Å². The van der Waals surface area contributed by atoms with E-state index >= 15 is 0 Å². The highest BCUT2D eigenvalue weighted by molar-refractivity contribution is 6.69. The van der Waals surface area contributed by atoms with Gasteiger partial charge in [-0.2, -0.15) is 0 Å². The first-order valence-corrected chi connectivity index (χ1v) is 49.7. The Bertz CT molecular complexity index is 4530. The fourth-order valence-corrected chi connectivity index (χ4v) is 16.5. The molecule has 10 fully saturated rings. The molecule has 0 radical (unpaired) electrons. The van der Waals surface area contributed by atoms with Crippen LogP contribution in [0.3, 0.4) is 0 Å². The summed E-state index contributed by atoms with van der Waals surface area (Å²) in [7, 11) is -3.67. The second-order valence-corrected chi connectivity index (χ2v) is 50.4. The lowest BCUT2D eigenvalue weighted by molar-refractivity contribution is 0.00578. The summed E-state index contributed by atoms with van der Waals surface area (Å²) in [4.78, 5) is 0. The largest absolute Gasteiger partial charge is 0.495 e. The molecule has 30 heteroatoms. The third-order valence-corrected chi connectivity index (χ3v) is 33.5. The molecule has 5 aromatic carbocycles. The van der Waals surface area contributed by atoms with Crippen molar-refractivity contribution in [3.8, 4) is 0 Å². The molecular weight excluding hydrogens is 1680 g/mol. The van der Waals surface area contributed by atoms with Crippen molar-refractivity contribution in [2.75, 3.05) is 0 Å². The summed E-state index contributed by atoms with van der Waals surface area (Å²) in [6.07, 6.45) is 6.54. The van der Waals surface area contributed by atoms with Crippen molar-refractivity contribution in [3.05, 3.63) is 119 Å². The van der Waals surface area contributed by atoms with E-state index in [1.54, 1.807) is 0 Å². The summed E-state index contributed by atoms with van der Waals surface area (Å²) >= 11 is 0. The smallest absolute Gasteiger partial charge is 0.399 e. The number of aryl methyl sites for hydroxylation is 4. The van der Waals surface area contributed by atoms with Crippen LogP contribution in [0.4, 0.5) is 0 Å². The molecule has 0 saturated carbocycles. The zero-order chi connectivity index (χ0) is 101. The summed E-state index contributed by atoms with van der Waals surface area (Å²) in [5.74, 6) is 0. The Labute approximate surface area is 814 Å². The van der Waals surface area contributed by atoms with Gasteiger partial charge in [-0.25, -0.2) is 0 Å². The van der Waals surface area contributed by atoms with Crippen molar-refractivity contribution in [1.82, 2.24) is 0 Å². The number of hydrogen-bond donors (Lipinski definition) is 0. The van der Waals surface area contributed by atoms with Gasteiger partial charge in [0.1, 0.15) is 0 Å². The Kier molecular flexibility index (Phi) is 30.7. The second-order valence-electron chi connectivity index (χ2n) is 50.4. The van der Waals surface area contributed by atoms with Gasteiger partial charge >= 0.3 is 71.2 Å². The molecule has 0 amide bonds. The van der Waals surface area contributed by atoms with Crippen LogP contribution in [0.5, 0.6) is 0 Å². The van der Waals surface area contributed by atoms with Crippen LogP contribution < -0.4 is 54.6 Å². The number of hydrogen-bond acceptors (Lipinski definition) is 20.